The zero-order valence-corrected chi connectivity index (χ0v) is 12.3. The number of hydrogen-bond donors (Lipinski definition) is 0. The quantitative estimate of drug-likeness (QED) is 0.716. The minimum atomic E-state index is 0.688. The van der Waals surface area contributed by atoms with E-state index in [0.717, 1.165) is 38.5 Å². The van der Waals surface area contributed by atoms with Crippen molar-refractivity contribution in [3.63, 3.8) is 0 Å². The molecule has 21 heavy (non-hydrogen) atoms. The Bertz CT molecular complexity index is 715. The number of tetrazole rings is 1. The van der Waals surface area contributed by atoms with Gasteiger partial charge in [-0.1, -0.05) is 0 Å². The van der Waals surface area contributed by atoms with Gasteiger partial charge in [-0.15, -0.1) is 5.10 Å². The van der Waals surface area contributed by atoms with Crippen LogP contribution in [0.25, 0.3) is 5.65 Å². The van der Waals surface area contributed by atoms with Gasteiger partial charge in [0, 0.05) is 32.7 Å². The van der Waals surface area contributed by atoms with Crippen LogP contribution in [0.3, 0.4) is 0 Å². The molecule has 0 bridgehead atoms. The van der Waals surface area contributed by atoms with E-state index in [2.05, 4.69) is 47.1 Å². The highest BCUT2D eigenvalue weighted by molar-refractivity contribution is 7.07. The summed E-state index contributed by atoms with van der Waals surface area (Å²) in [5.41, 5.74) is 2.09. The minimum absolute atomic E-state index is 0.688. The van der Waals surface area contributed by atoms with Gasteiger partial charge in [-0.25, -0.2) is 0 Å². The van der Waals surface area contributed by atoms with Crippen LogP contribution in [-0.2, 0) is 6.54 Å². The zero-order valence-electron chi connectivity index (χ0n) is 11.5. The third-order valence-corrected chi connectivity index (χ3v) is 4.51. The Morgan fingerprint density at radius 3 is 2.86 bits per heavy atom. The van der Waals surface area contributed by atoms with Crippen LogP contribution in [0.5, 0.6) is 0 Å². The highest BCUT2D eigenvalue weighted by Crippen LogP contribution is 2.17. The molecule has 8 heteroatoms. The standard InChI is InChI=1S/C13H15N7S/c1-6-21-10-11(1)9-18-2-4-19(5-3-18)13-8-14-7-12-15-16-17-20(12)13/h1,6-8,10H,2-5,9H2. The average molecular weight is 301 g/mol. The molecule has 4 heterocycles. The summed E-state index contributed by atoms with van der Waals surface area (Å²) in [7, 11) is 0. The molecule has 1 aliphatic rings. The summed E-state index contributed by atoms with van der Waals surface area (Å²) < 4.78 is 1.75. The summed E-state index contributed by atoms with van der Waals surface area (Å²) in [6.45, 7) is 5.03. The summed E-state index contributed by atoms with van der Waals surface area (Å²) >= 11 is 1.76. The normalized spacial score (nSPS) is 16.7. The van der Waals surface area contributed by atoms with Gasteiger partial charge in [0.1, 0.15) is 0 Å². The highest BCUT2D eigenvalue weighted by Gasteiger charge is 2.20. The van der Waals surface area contributed by atoms with E-state index >= 15 is 0 Å². The molecule has 3 aromatic heterocycles. The van der Waals surface area contributed by atoms with Crippen molar-refractivity contribution in [3.8, 4) is 0 Å². The van der Waals surface area contributed by atoms with Crippen LogP contribution in [0.15, 0.2) is 29.2 Å². The van der Waals surface area contributed by atoms with Crippen LogP contribution in [-0.4, -0.2) is 56.1 Å². The van der Waals surface area contributed by atoms with Crippen LogP contribution in [0, 0.1) is 0 Å². The Hall–Kier alpha value is -2.06. The first kappa shape index (κ1) is 12.7. The first-order chi connectivity index (χ1) is 10.4. The molecule has 0 radical (unpaired) electrons. The van der Waals surface area contributed by atoms with E-state index < -0.39 is 0 Å². The largest absolute Gasteiger partial charge is 0.353 e. The van der Waals surface area contributed by atoms with Gasteiger partial charge in [-0.3, -0.25) is 9.88 Å². The lowest BCUT2D eigenvalue weighted by Crippen LogP contribution is -2.46. The Morgan fingerprint density at radius 1 is 1.14 bits per heavy atom. The van der Waals surface area contributed by atoms with Gasteiger partial charge in [0.25, 0.3) is 0 Å². The first-order valence-corrected chi connectivity index (χ1v) is 7.85. The van der Waals surface area contributed by atoms with Gasteiger partial charge in [-0.2, -0.15) is 15.9 Å². The number of rotatable bonds is 3. The summed E-state index contributed by atoms with van der Waals surface area (Å²) in [6, 6.07) is 2.20. The molecule has 0 amide bonds. The van der Waals surface area contributed by atoms with E-state index in [1.807, 2.05) is 6.20 Å². The van der Waals surface area contributed by atoms with Gasteiger partial charge in [-0.05, 0) is 32.8 Å². The molecular formula is C13H15N7S. The van der Waals surface area contributed by atoms with E-state index in [1.54, 1.807) is 22.0 Å². The molecule has 1 saturated heterocycles. The van der Waals surface area contributed by atoms with Crippen molar-refractivity contribution >= 4 is 22.8 Å². The van der Waals surface area contributed by atoms with Crippen LogP contribution >= 0.6 is 11.3 Å². The number of piperazine rings is 1. The summed E-state index contributed by atoms with van der Waals surface area (Å²) in [5.74, 6) is 0.965. The molecule has 0 unspecified atom stereocenters. The minimum Gasteiger partial charge on any atom is -0.353 e. The number of hydrogen-bond acceptors (Lipinski definition) is 7. The third kappa shape index (κ3) is 2.47. The molecule has 1 aliphatic heterocycles. The highest BCUT2D eigenvalue weighted by atomic mass is 32.1. The predicted octanol–water partition coefficient (Wildman–Crippen LogP) is 0.903. The second-order valence-corrected chi connectivity index (χ2v) is 5.89. The van der Waals surface area contributed by atoms with E-state index in [-0.39, 0.29) is 0 Å². The molecule has 7 nitrogen and oxygen atoms in total. The second kappa shape index (κ2) is 5.38. The lowest BCUT2D eigenvalue weighted by Gasteiger charge is -2.35. The maximum absolute atomic E-state index is 4.22. The van der Waals surface area contributed by atoms with Crippen molar-refractivity contribution in [3.05, 3.63) is 34.8 Å². The van der Waals surface area contributed by atoms with Crippen LogP contribution in [0.2, 0.25) is 0 Å². The van der Waals surface area contributed by atoms with Crippen molar-refractivity contribution in [1.29, 1.82) is 0 Å². The Kier molecular flexibility index (Phi) is 3.24. The topological polar surface area (TPSA) is 62.5 Å². The molecule has 4 rings (SSSR count). The number of nitrogens with zero attached hydrogens (tertiary/aromatic N) is 7. The van der Waals surface area contributed by atoms with Crippen LogP contribution in [0.1, 0.15) is 5.56 Å². The van der Waals surface area contributed by atoms with Crippen LogP contribution < -0.4 is 4.90 Å². The van der Waals surface area contributed by atoms with Crippen LogP contribution in [0.4, 0.5) is 5.82 Å². The Balaban J connectivity index is 1.46. The maximum atomic E-state index is 4.22. The molecule has 0 spiro atoms. The number of fused-ring (bicyclic) bond motifs is 1. The predicted molar refractivity (Wildman–Crippen MR) is 80.4 cm³/mol. The Morgan fingerprint density at radius 2 is 2.05 bits per heavy atom. The van der Waals surface area contributed by atoms with Crippen molar-refractivity contribution in [2.24, 2.45) is 0 Å². The van der Waals surface area contributed by atoms with Crippen molar-refractivity contribution in [2.75, 3.05) is 31.1 Å². The molecular weight excluding hydrogens is 286 g/mol. The van der Waals surface area contributed by atoms with Gasteiger partial charge in [0.05, 0.1) is 12.4 Å². The second-order valence-electron chi connectivity index (χ2n) is 5.11. The molecule has 0 aliphatic carbocycles. The summed E-state index contributed by atoms with van der Waals surface area (Å²) in [4.78, 5) is 8.99. The molecule has 0 atom stereocenters. The van der Waals surface area contributed by atoms with Gasteiger partial charge < -0.3 is 4.90 Å². The van der Waals surface area contributed by atoms with Gasteiger partial charge >= 0.3 is 0 Å². The SMILES string of the molecule is c1cc(CN2CCN(c3cncc4nnnn34)CC2)cs1. The maximum Gasteiger partial charge on any atom is 0.199 e. The molecule has 108 valence electrons. The Labute approximate surface area is 125 Å². The smallest absolute Gasteiger partial charge is 0.199 e. The lowest BCUT2D eigenvalue weighted by molar-refractivity contribution is 0.249. The molecule has 0 aromatic carbocycles. The van der Waals surface area contributed by atoms with E-state index in [4.69, 9.17) is 0 Å². The number of anilines is 1. The summed E-state index contributed by atoms with van der Waals surface area (Å²) in [6.07, 6.45) is 3.51. The fourth-order valence-corrected chi connectivity index (χ4v) is 3.31. The van der Waals surface area contributed by atoms with Crippen molar-refractivity contribution in [1.82, 2.24) is 29.9 Å². The molecule has 0 N–H and O–H groups in total. The van der Waals surface area contributed by atoms with E-state index in [1.165, 1.54) is 5.56 Å². The van der Waals surface area contributed by atoms with Crippen molar-refractivity contribution in [2.45, 2.75) is 6.54 Å². The summed E-state index contributed by atoms with van der Waals surface area (Å²) in [5, 5.41) is 16.0. The molecule has 0 saturated carbocycles. The average Bonchev–Trinajstić information content (AvgIpc) is 3.18. The van der Waals surface area contributed by atoms with E-state index in [0.29, 0.717) is 5.65 Å². The van der Waals surface area contributed by atoms with Crippen molar-refractivity contribution < 1.29 is 0 Å². The van der Waals surface area contributed by atoms with E-state index in [9.17, 15) is 0 Å². The lowest BCUT2D eigenvalue weighted by atomic mass is 10.2. The fraction of sp³-hybridized carbons (Fsp3) is 0.385. The first-order valence-electron chi connectivity index (χ1n) is 6.90. The molecule has 3 aromatic rings. The number of aromatic nitrogens is 5. The van der Waals surface area contributed by atoms with Gasteiger partial charge in [0.15, 0.2) is 11.5 Å². The zero-order chi connectivity index (χ0) is 14.1. The van der Waals surface area contributed by atoms with Gasteiger partial charge in [0.2, 0.25) is 0 Å². The monoisotopic (exact) mass is 301 g/mol. The molecule has 1 fully saturated rings. The number of thiophene rings is 1. The third-order valence-electron chi connectivity index (χ3n) is 3.77. The fourth-order valence-electron chi connectivity index (χ4n) is 2.65.